The van der Waals surface area contributed by atoms with Gasteiger partial charge in [0.15, 0.2) is 6.04 Å². The van der Waals surface area contributed by atoms with E-state index in [2.05, 4.69) is 5.32 Å². The second kappa shape index (κ2) is 11.1. The number of carboxylic acids is 1. The van der Waals surface area contributed by atoms with Gasteiger partial charge in [-0.1, -0.05) is 30.3 Å². The fourth-order valence-corrected chi connectivity index (χ4v) is 5.67. The molecule has 3 N–H and O–H groups in total. The fraction of sp³-hybridized carbons (Fsp3) is 0.600. The van der Waals surface area contributed by atoms with Crippen LogP contribution in [0.2, 0.25) is 0 Å². The molecule has 198 valence electrons. The summed E-state index contributed by atoms with van der Waals surface area (Å²) in [5.74, 6) is -1.18. The molecule has 2 aliphatic rings. The first-order valence-corrected chi connectivity index (χ1v) is 13.1. The van der Waals surface area contributed by atoms with Crippen molar-refractivity contribution in [1.82, 2.24) is 15.1 Å². The summed E-state index contributed by atoms with van der Waals surface area (Å²) >= 11 is 1.48. The highest BCUT2D eigenvalue weighted by atomic mass is 32.2. The summed E-state index contributed by atoms with van der Waals surface area (Å²) in [6.07, 6.45) is -1.27. The first-order chi connectivity index (χ1) is 16.9. The van der Waals surface area contributed by atoms with Crippen LogP contribution >= 0.6 is 11.8 Å². The summed E-state index contributed by atoms with van der Waals surface area (Å²) in [6.45, 7) is 7.15. The number of carbonyl (C=O) groups excluding carboxylic acids is 3. The van der Waals surface area contributed by atoms with Gasteiger partial charge in [-0.05, 0) is 46.1 Å². The summed E-state index contributed by atoms with van der Waals surface area (Å²) in [7, 11) is 0. The van der Waals surface area contributed by atoms with Crippen molar-refractivity contribution in [1.29, 1.82) is 0 Å². The van der Waals surface area contributed by atoms with E-state index < -0.39 is 47.2 Å². The van der Waals surface area contributed by atoms with Crippen molar-refractivity contribution in [3.63, 3.8) is 0 Å². The van der Waals surface area contributed by atoms with Crippen molar-refractivity contribution in [2.45, 2.75) is 69.7 Å². The standard InChI is InChI=1S/C25H35N3O7S/c1-16(29)19(21(31)32)26-22(33)25(17-8-6-5-7-9-17)10-12-27(13-11-25)20(30)18-14-36-15-28(18)23(34)35-24(2,3)4/h5-9,16,18-19,29H,10-15H2,1-4H3,(H,26,33)(H,31,32)/t16?,18-,19+/m1/s1. The molecule has 10 nitrogen and oxygen atoms in total. The molecule has 3 atom stereocenters. The zero-order valence-corrected chi connectivity index (χ0v) is 21.9. The molecular weight excluding hydrogens is 486 g/mol. The van der Waals surface area contributed by atoms with Gasteiger partial charge in [0.05, 0.1) is 17.4 Å². The Morgan fingerprint density at radius 1 is 1.14 bits per heavy atom. The first kappa shape index (κ1) is 27.8. The fourth-order valence-electron chi connectivity index (χ4n) is 4.54. The lowest BCUT2D eigenvalue weighted by Crippen LogP contribution is -2.59. The van der Waals surface area contributed by atoms with E-state index in [9.17, 15) is 29.4 Å². The number of aliphatic hydroxyl groups is 1. The van der Waals surface area contributed by atoms with Crippen LogP contribution in [0, 0.1) is 0 Å². The largest absolute Gasteiger partial charge is 0.480 e. The Labute approximate surface area is 215 Å². The van der Waals surface area contributed by atoms with Gasteiger partial charge in [-0.2, -0.15) is 0 Å². The predicted molar refractivity (Wildman–Crippen MR) is 134 cm³/mol. The minimum Gasteiger partial charge on any atom is -0.480 e. The molecule has 2 heterocycles. The van der Waals surface area contributed by atoms with Crippen molar-refractivity contribution in [2.75, 3.05) is 24.7 Å². The van der Waals surface area contributed by atoms with Gasteiger partial charge in [-0.3, -0.25) is 14.5 Å². The number of aliphatic hydroxyl groups excluding tert-OH is 1. The van der Waals surface area contributed by atoms with Gasteiger partial charge in [0, 0.05) is 18.8 Å². The number of carboxylic acid groups (broad SMARTS) is 1. The van der Waals surface area contributed by atoms with Gasteiger partial charge in [-0.15, -0.1) is 11.8 Å². The number of piperidine rings is 1. The summed E-state index contributed by atoms with van der Waals surface area (Å²) < 4.78 is 5.47. The molecule has 0 bridgehead atoms. The van der Waals surface area contributed by atoms with E-state index in [1.165, 1.54) is 23.6 Å². The molecule has 2 fully saturated rings. The number of likely N-dealkylation sites (tertiary alicyclic amines) is 1. The number of hydrogen-bond donors (Lipinski definition) is 3. The minimum absolute atomic E-state index is 0.194. The lowest BCUT2D eigenvalue weighted by Gasteiger charge is -2.42. The molecule has 11 heteroatoms. The van der Waals surface area contributed by atoms with Gasteiger partial charge < -0.3 is 25.2 Å². The summed E-state index contributed by atoms with van der Waals surface area (Å²) in [4.78, 5) is 54.2. The first-order valence-electron chi connectivity index (χ1n) is 12.0. The zero-order chi connectivity index (χ0) is 26.7. The molecule has 0 aromatic heterocycles. The zero-order valence-electron chi connectivity index (χ0n) is 21.1. The van der Waals surface area contributed by atoms with E-state index in [0.717, 1.165) is 5.56 Å². The molecule has 0 aliphatic carbocycles. The third-order valence-electron chi connectivity index (χ3n) is 6.52. The van der Waals surface area contributed by atoms with Crippen LogP contribution in [0.15, 0.2) is 30.3 Å². The number of hydrogen-bond acceptors (Lipinski definition) is 7. The minimum atomic E-state index is -1.45. The number of rotatable bonds is 6. The number of nitrogens with zero attached hydrogens (tertiary/aromatic N) is 2. The maximum Gasteiger partial charge on any atom is 0.411 e. The predicted octanol–water partition coefficient (Wildman–Crippen LogP) is 1.81. The number of aliphatic carboxylic acids is 1. The van der Waals surface area contributed by atoms with Crippen LogP contribution in [0.1, 0.15) is 46.1 Å². The maximum absolute atomic E-state index is 13.5. The van der Waals surface area contributed by atoms with Gasteiger partial charge >= 0.3 is 12.1 Å². The normalized spacial score (nSPS) is 21.4. The molecule has 3 amide bonds. The molecule has 1 aromatic rings. The highest BCUT2D eigenvalue weighted by molar-refractivity contribution is 7.99. The van der Waals surface area contributed by atoms with Gasteiger partial charge in [0.1, 0.15) is 11.6 Å². The monoisotopic (exact) mass is 521 g/mol. The molecule has 0 radical (unpaired) electrons. The second-order valence-electron chi connectivity index (χ2n) is 10.3. The van der Waals surface area contributed by atoms with Crippen LogP contribution in [-0.2, 0) is 24.5 Å². The SMILES string of the molecule is CC(O)[C@H](NC(=O)C1(c2ccccc2)CCN(C(=O)[C@H]2CSCN2C(=O)OC(C)(C)C)CC1)C(=O)O. The quantitative estimate of drug-likeness (QED) is 0.516. The van der Waals surface area contributed by atoms with E-state index in [4.69, 9.17) is 4.74 Å². The van der Waals surface area contributed by atoms with Gasteiger partial charge in [0.25, 0.3) is 0 Å². The molecule has 0 saturated carbocycles. The van der Waals surface area contributed by atoms with Crippen LogP contribution in [-0.4, -0.2) is 92.4 Å². The third-order valence-corrected chi connectivity index (χ3v) is 7.53. The van der Waals surface area contributed by atoms with Crippen LogP contribution in [0.4, 0.5) is 4.79 Å². The Balaban J connectivity index is 1.77. The Bertz CT molecular complexity index is 972. The molecule has 36 heavy (non-hydrogen) atoms. The summed E-state index contributed by atoms with van der Waals surface area (Å²) in [5, 5.41) is 21.8. The highest BCUT2D eigenvalue weighted by Gasteiger charge is 2.47. The number of thioether (sulfide) groups is 1. The Morgan fingerprint density at radius 2 is 1.75 bits per heavy atom. The van der Waals surface area contributed by atoms with E-state index >= 15 is 0 Å². The molecule has 3 rings (SSSR count). The third kappa shape index (κ3) is 6.12. The van der Waals surface area contributed by atoms with Crippen molar-refractivity contribution >= 4 is 35.6 Å². The molecule has 2 aliphatic heterocycles. The molecular formula is C25H35N3O7S. The van der Waals surface area contributed by atoms with Crippen LogP contribution in [0.25, 0.3) is 0 Å². The summed E-state index contributed by atoms with van der Waals surface area (Å²) in [5.41, 5.74) is -1.02. The van der Waals surface area contributed by atoms with Crippen molar-refractivity contribution < 1.29 is 34.1 Å². The molecule has 1 unspecified atom stereocenters. The molecule has 1 aromatic carbocycles. The number of benzene rings is 1. The average Bonchev–Trinajstić information content (AvgIpc) is 3.31. The second-order valence-corrected chi connectivity index (χ2v) is 11.3. The van der Waals surface area contributed by atoms with E-state index in [-0.39, 0.29) is 31.8 Å². The topological polar surface area (TPSA) is 136 Å². The Morgan fingerprint density at radius 3 is 2.28 bits per heavy atom. The number of amides is 3. The molecule has 0 spiro atoms. The highest BCUT2D eigenvalue weighted by Crippen LogP contribution is 2.37. The number of nitrogens with one attached hydrogen (secondary N) is 1. The van der Waals surface area contributed by atoms with Crippen LogP contribution < -0.4 is 5.32 Å². The van der Waals surface area contributed by atoms with Crippen LogP contribution in [0.5, 0.6) is 0 Å². The van der Waals surface area contributed by atoms with E-state index in [1.54, 1.807) is 37.8 Å². The Hall–Kier alpha value is -2.79. The van der Waals surface area contributed by atoms with Crippen molar-refractivity contribution in [3.8, 4) is 0 Å². The average molecular weight is 522 g/mol. The lowest BCUT2D eigenvalue weighted by atomic mass is 9.71. The summed E-state index contributed by atoms with van der Waals surface area (Å²) in [6, 6.07) is 6.97. The van der Waals surface area contributed by atoms with Crippen molar-refractivity contribution in [2.24, 2.45) is 0 Å². The lowest BCUT2D eigenvalue weighted by molar-refractivity contribution is -0.146. The smallest absolute Gasteiger partial charge is 0.411 e. The van der Waals surface area contributed by atoms with E-state index in [1.807, 2.05) is 18.2 Å². The number of ether oxygens (including phenoxy) is 1. The molecule has 2 saturated heterocycles. The van der Waals surface area contributed by atoms with Crippen LogP contribution in [0.3, 0.4) is 0 Å². The van der Waals surface area contributed by atoms with Gasteiger partial charge in [-0.25, -0.2) is 9.59 Å². The number of carbonyl (C=O) groups is 4. The Kier molecular flexibility index (Phi) is 8.55. The maximum atomic E-state index is 13.5. The van der Waals surface area contributed by atoms with E-state index in [0.29, 0.717) is 11.6 Å². The van der Waals surface area contributed by atoms with Crippen molar-refractivity contribution in [3.05, 3.63) is 35.9 Å². The van der Waals surface area contributed by atoms with Gasteiger partial charge in [0.2, 0.25) is 11.8 Å².